The summed E-state index contributed by atoms with van der Waals surface area (Å²) in [4.78, 5) is 14.5. The summed E-state index contributed by atoms with van der Waals surface area (Å²) in [6.07, 6.45) is 3.85. The molecule has 0 N–H and O–H groups in total. The van der Waals surface area contributed by atoms with E-state index in [1.54, 1.807) is 0 Å². The van der Waals surface area contributed by atoms with Crippen molar-refractivity contribution in [3.05, 3.63) is 17.0 Å². The molecular formula is C14H22N2O2. The van der Waals surface area contributed by atoms with Crippen LogP contribution in [0.25, 0.3) is 0 Å². The Balaban J connectivity index is 2.12. The van der Waals surface area contributed by atoms with Gasteiger partial charge in [0.1, 0.15) is 5.76 Å². The van der Waals surface area contributed by atoms with Gasteiger partial charge in [0.05, 0.1) is 12.1 Å². The molecule has 2 unspecified atom stereocenters. The van der Waals surface area contributed by atoms with E-state index < -0.39 is 0 Å². The lowest BCUT2D eigenvalue weighted by atomic mass is 9.96. The number of carbonyl (C=O) groups is 1. The lowest BCUT2D eigenvalue weighted by Crippen LogP contribution is -2.48. The van der Waals surface area contributed by atoms with E-state index in [2.05, 4.69) is 19.0 Å². The van der Waals surface area contributed by atoms with Gasteiger partial charge in [0, 0.05) is 17.6 Å². The summed E-state index contributed by atoms with van der Waals surface area (Å²) >= 11 is 0. The van der Waals surface area contributed by atoms with E-state index in [9.17, 15) is 4.79 Å². The Labute approximate surface area is 108 Å². The Morgan fingerprint density at radius 1 is 1.33 bits per heavy atom. The number of aryl methyl sites for hydroxylation is 2. The van der Waals surface area contributed by atoms with Crippen LogP contribution in [-0.2, 0) is 11.2 Å². The summed E-state index contributed by atoms with van der Waals surface area (Å²) in [5.41, 5.74) is 1.78. The molecule has 1 aliphatic rings. The Bertz CT molecular complexity index is 410. The molecule has 0 bridgehead atoms. The number of likely N-dealkylation sites (tertiary alicyclic amines) is 1. The molecule has 4 heteroatoms. The number of nitrogens with zero attached hydrogens (tertiary/aromatic N) is 2. The van der Waals surface area contributed by atoms with Crippen LogP contribution in [0.3, 0.4) is 0 Å². The zero-order valence-electron chi connectivity index (χ0n) is 11.7. The second kappa shape index (κ2) is 5.12. The summed E-state index contributed by atoms with van der Waals surface area (Å²) in [7, 11) is 0. The molecule has 4 nitrogen and oxygen atoms in total. The fraction of sp³-hybridized carbons (Fsp3) is 0.714. The van der Waals surface area contributed by atoms with Crippen molar-refractivity contribution in [2.24, 2.45) is 0 Å². The van der Waals surface area contributed by atoms with Gasteiger partial charge in [-0.05, 0) is 47.0 Å². The number of hydrogen-bond donors (Lipinski definition) is 0. The maximum atomic E-state index is 12.4. The first-order chi connectivity index (χ1) is 8.50. The van der Waals surface area contributed by atoms with Crippen molar-refractivity contribution in [2.45, 2.75) is 65.5 Å². The topological polar surface area (TPSA) is 46.3 Å². The van der Waals surface area contributed by atoms with Gasteiger partial charge in [-0.15, -0.1) is 0 Å². The maximum Gasteiger partial charge on any atom is 0.227 e. The van der Waals surface area contributed by atoms with E-state index in [1.165, 1.54) is 6.42 Å². The van der Waals surface area contributed by atoms with Crippen LogP contribution >= 0.6 is 0 Å². The van der Waals surface area contributed by atoms with Crippen LogP contribution in [0.5, 0.6) is 0 Å². The predicted octanol–water partition coefficient (Wildman–Crippen LogP) is 2.62. The van der Waals surface area contributed by atoms with E-state index in [-0.39, 0.29) is 5.91 Å². The number of carbonyl (C=O) groups excluding carboxylic acids is 1. The molecule has 2 rings (SSSR count). The average molecular weight is 250 g/mol. The Morgan fingerprint density at radius 3 is 2.44 bits per heavy atom. The average Bonchev–Trinajstić information content (AvgIpc) is 2.60. The van der Waals surface area contributed by atoms with Gasteiger partial charge in [-0.2, -0.15) is 0 Å². The summed E-state index contributed by atoms with van der Waals surface area (Å²) < 4.78 is 5.12. The number of piperidine rings is 1. The first-order valence-corrected chi connectivity index (χ1v) is 6.73. The van der Waals surface area contributed by atoms with Gasteiger partial charge in [0.25, 0.3) is 0 Å². The third-order valence-electron chi connectivity index (χ3n) is 3.99. The van der Waals surface area contributed by atoms with Gasteiger partial charge in [0.2, 0.25) is 5.91 Å². The number of rotatable bonds is 2. The lowest BCUT2D eigenvalue weighted by Gasteiger charge is -2.39. The molecule has 100 valence electrons. The zero-order chi connectivity index (χ0) is 13.3. The van der Waals surface area contributed by atoms with Crippen LogP contribution in [0.15, 0.2) is 4.52 Å². The molecule has 0 aromatic carbocycles. The van der Waals surface area contributed by atoms with E-state index in [4.69, 9.17) is 4.52 Å². The number of amides is 1. The van der Waals surface area contributed by atoms with Gasteiger partial charge < -0.3 is 9.42 Å². The Hall–Kier alpha value is -1.32. The van der Waals surface area contributed by atoms with E-state index in [1.807, 2.05) is 18.7 Å². The SMILES string of the molecule is Cc1noc(C)c1CC(=O)N1C(C)CCCC1C. The highest BCUT2D eigenvalue weighted by molar-refractivity contribution is 5.80. The Kier molecular flexibility index (Phi) is 3.73. The van der Waals surface area contributed by atoms with E-state index in [0.29, 0.717) is 18.5 Å². The van der Waals surface area contributed by atoms with E-state index in [0.717, 1.165) is 29.9 Å². The maximum absolute atomic E-state index is 12.4. The summed E-state index contributed by atoms with van der Waals surface area (Å²) in [5.74, 6) is 0.960. The van der Waals surface area contributed by atoms with Crippen molar-refractivity contribution in [3.8, 4) is 0 Å². The standard InChI is InChI=1S/C14H22N2O2/c1-9-6-5-7-10(2)16(9)14(17)8-13-11(3)15-18-12(13)4/h9-10H,5-8H2,1-4H3. The van der Waals surface area contributed by atoms with Crippen LogP contribution in [0.1, 0.15) is 50.1 Å². The molecule has 18 heavy (non-hydrogen) atoms. The van der Waals surface area contributed by atoms with Crippen LogP contribution in [-0.4, -0.2) is 28.0 Å². The van der Waals surface area contributed by atoms with Crippen molar-refractivity contribution >= 4 is 5.91 Å². The molecule has 0 saturated carbocycles. The lowest BCUT2D eigenvalue weighted by molar-refractivity contribution is -0.136. The van der Waals surface area contributed by atoms with Crippen molar-refractivity contribution in [1.82, 2.24) is 10.1 Å². The van der Waals surface area contributed by atoms with Crippen LogP contribution in [0.4, 0.5) is 0 Å². The monoisotopic (exact) mass is 250 g/mol. The third-order valence-corrected chi connectivity index (χ3v) is 3.99. The van der Waals surface area contributed by atoms with Crippen LogP contribution in [0.2, 0.25) is 0 Å². The first-order valence-electron chi connectivity index (χ1n) is 6.73. The quantitative estimate of drug-likeness (QED) is 0.810. The highest BCUT2D eigenvalue weighted by Crippen LogP contribution is 2.24. The van der Waals surface area contributed by atoms with Crippen LogP contribution in [0, 0.1) is 13.8 Å². The van der Waals surface area contributed by atoms with Crippen LogP contribution < -0.4 is 0 Å². The molecule has 1 aliphatic heterocycles. The fourth-order valence-electron chi connectivity index (χ4n) is 2.91. The summed E-state index contributed by atoms with van der Waals surface area (Å²) in [5, 5.41) is 3.91. The van der Waals surface area contributed by atoms with Crippen molar-refractivity contribution < 1.29 is 9.32 Å². The number of hydrogen-bond acceptors (Lipinski definition) is 3. The normalized spacial score (nSPS) is 24.3. The number of aromatic nitrogens is 1. The second-order valence-electron chi connectivity index (χ2n) is 5.41. The molecule has 0 spiro atoms. The molecular weight excluding hydrogens is 228 g/mol. The van der Waals surface area contributed by atoms with E-state index >= 15 is 0 Å². The molecule has 0 radical (unpaired) electrons. The molecule has 1 fully saturated rings. The van der Waals surface area contributed by atoms with Crippen molar-refractivity contribution in [3.63, 3.8) is 0 Å². The molecule has 2 atom stereocenters. The second-order valence-corrected chi connectivity index (χ2v) is 5.41. The zero-order valence-corrected chi connectivity index (χ0v) is 11.7. The Morgan fingerprint density at radius 2 is 1.94 bits per heavy atom. The van der Waals surface area contributed by atoms with Gasteiger partial charge >= 0.3 is 0 Å². The van der Waals surface area contributed by atoms with Gasteiger partial charge in [0.15, 0.2) is 0 Å². The van der Waals surface area contributed by atoms with Gasteiger partial charge in [-0.1, -0.05) is 5.16 Å². The fourth-order valence-corrected chi connectivity index (χ4v) is 2.91. The highest BCUT2D eigenvalue weighted by Gasteiger charge is 2.29. The first kappa shape index (κ1) is 13.1. The largest absolute Gasteiger partial charge is 0.361 e. The minimum absolute atomic E-state index is 0.198. The van der Waals surface area contributed by atoms with Crippen molar-refractivity contribution in [2.75, 3.05) is 0 Å². The molecule has 1 aromatic rings. The predicted molar refractivity (Wildman–Crippen MR) is 69.3 cm³/mol. The molecule has 1 saturated heterocycles. The smallest absolute Gasteiger partial charge is 0.227 e. The molecule has 1 amide bonds. The van der Waals surface area contributed by atoms with Gasteiger partial charge in [-0.25, -0.2) is 0 Å². The molecule has 1 aromatic heterocycles. The summed E-state index contributed by atoms with van der Waals surface area (Å²) in [6, 6.07) is 0.698. The van der Waals surface area contributed by atoms with Gasteiger partial charge in [-0.3, -0.25) is 4.79 Å². The summed E-state index contributed by atoms with van der Waals surface area (Å²) in [6.45, 7) is 8.04. The minimum Gasteiger partial charge on any atom is -0.361 e. The molecule has 0 aliphatic carbocycles. The third kappa shape index (κ3) is 2.42. The highest BCUT2D eigenvalue weighted by atomic mass is 16.5. The van der Waals surface area contributed by atoms with Crippen molar-refractivity contribution in [1.29, 1.82) is 0 Å². The molecule has 2 heterocycles. The minimum atomic E-state index is 0.198.